The highest BCUT2D eigenvalue weighted by molar-refractivity contribution is 7.92. The molecule has 3 N–H and O–H groups in total. The van der Waals surface area contributed by atoms with Crippen LogP contribution >= 0.6 is 0 Å². The average Bonchev–Trinajstić information content (AvgIpc) is 2.59. The van der Waals surface area contributed by atoms with Crippen LogP contribution in [0.3, 0.4) is 0 Å². The molecular formula is C16H13F3N2O5S. The van der Waals surface area contributed by atoms with Gasteiger partial charge in [0, 0.05) is 0 Å². The summed E-state index contributed by atoms with van der Waals surface area (Å²) in [6.45, 7) is -1.57. The molecule has 2 aromatic rings. The minimum atomic E-state index is -4.62. The molecule has 2 aromatic carbocycles. The molecule has 0 aliphatic rings. The zero-order valence-corrected chi connectivity index (χ0v) is 14.3. The summed E-state index contributed by atoms with van der Waals surface area (Å²) in [4.78, 5) is 22.5. The van der Waals surface area contributed by atoms with E-state index in [1.54, 1.807) is 5.32 Å². The average molecular weight is 402 g/mol. The van der Waals surface area contributed by atoms with Crippen molar-refractivity contribution in [3.8, 4) is 0 Å². The minimum absolute atomic E-state index is 0.124. The fourth-order valence-electron chi connectivity index (χ4n) is 2.03. The molecule has 1 amide bonds. The van der Waals surface area contributed by atoms with Crippen molar-refractivity contribution in [2.75, 3.05) is 11.3 Å². The van der Waals surface area contributed by atoms with E-state index in [0.717, 1.165) is 30.3 Å². The molecule has 0 fully saturated rings. The lowest BCUT2D eigenvalue weighted by molar-refractivity contribution is -0.123. The molecule has 0 saturated carbocycles. The highest BCUT2D eigenvalue weighted by atomic mass is 32.2. The number of carbonyl (C=O) groups is 2. The van der Waals surface area contributed by atoms with Gasteiger partial charge in [0.15, 0.2) is 0 Å². The van der Waals surface area contributed by atoms with Crippen LogP contribution < -0.4 is 10.0 Å². The number of hydrogen-bond acceptors (Lipinski definition) is 4. The quantitative estimate of drug-likeness (QED) is 0.687. The van der Waals surface area contributed by atoms with Crippen LogP contribution in [0.1, 0.15) is 20.7 Å². The highest BCUT2D eigenvalue weighted by Crippen LogP contribution is 2.21. The van der Waals surface area contributed by atoms with Gasteiger partial charge in [0.1, 0.15) is 6.54 Å². The summed E-state index contributed by atoms with van der Waals surface area (Å²) in [5, 5.41) is 10.5. The number of hydrogen-bond donors (Lipinski definition) is 3. The number of amides is 1. The number of aromatic carboxylic acids is 1. The number of carboxylic acids is 1. The number of sulfonamides is 1. The lowest BCUT2D eigenvalue weighted by atomic mass is 10.1. The second kappa shape index (κ2) is 7.66. The van der Waals surface area contributed by atoms with E-state index >= 15 is 0 Å². The normalized spacial score (nSPS) is 11.7. The molecule has 27 heavy (non-hydrogen) atoms. The molecule has 0 radical (unpaired) electrons. The Morgan fingerprint density at radius 2 is 1.59 bits per heavy atom. The SMILES string of the molecule is O=C(O)c1ccc(S(=O)(=O)Nc2ccccc2C(=O)NCC(F)(F)F)cc1. The van der Waals surface area contributed by atoms with E-state index in [1.165, 1.54) is 18.2 Å². The van der Waals surface area contributed by atoms with Gasteiger partial charge < -0.3 is 10.4 Å². The van der Waals surface area contributed by atoms with E-state index in [0.29, 0.717) is 0 Å². The van der Waals surface area contributed by atoms with E-state index < -0.39 is 34.6 Å². The number of carbonyl (C=O) groups excluding carboxylic acids is 1. The maximum Gasteiger partial charge on any atom is 0.405 e. The summed E-state index contributed by atoms with van der Waals surface area (Å²) in [5.74, 6) is -2.34. The highest BCUT2D eigenvalue weighted by Gasteiger charge is 2.28. The molecule has 144 valence electrons. The Labute approximate surface area is 151 Å². The number of rotatable bonds is 6. The van der Waals surface area contributed by atoms with Crippen molar-refractivity contribution in [1.82, 2.24) is 5.32 Å². The standard InChI is InChI=1S/C16H13F3N2O5S/c17-16(18,19)9-20-14(22)12-3-1-2-4-13(12)21-27(25,26)11-7-5-10(6-8-11)15(23)24/h1-8,21H,9H2,(H,20,22)(H,23,24). The number of carboxylic acid groups (broad SMARTS) is 1. The van der Waals surface area contributed by atoms with Crippen molar-refractivity contribution in [1.29, 1.82) is 0 Å². The van der Waals surface area contributed by atoms with E-state index in [2.05, 4.69) is 4.72 Å². The maximum absolute atomic E-state index is 12.4. The predicted octanol–water partition coefficient (Wildman–Crippen LogP) is 2.48. The minimum Gasteiger partial charge on any atom is -0.478 e. The first kappa shape index (κ1) is 20.2. The van der Waals surface area contributed by atoms with E-state index in [4.69, 9.17) is 5.11 Å². The summed E-state index contributed by atoms with van der Waals surface area (Å²) < 4.78 is 63.7. The third kappa shape index (κ3) is 5.45. The molecule has 0 heterocycles. The van der Waals surface area contributed by atoms with Crippen LogP contribution in [0.4, 0.5) is 18.9 Å². The zero-order valence-electron chi connectivity index (χ0n) is 13.4. The molecule has 0 unspecified atom stereocenters. The second-order valence-electron chi connectivity index (χ2n) is 5.28. The summed E-state index contributed by atoms with van der Waals surface area (Å²) in [7, 11) is -4.20. The first-order valence-electron chi connectivity index (χ1n) is 7.30. The Bertz CT molecular complexity index is 957. The number of alkyl halides is 3. The van der Waals surface area contributed by atoms with Crippen molar-refractivity contribution in [2.24, 2.45) is 0 Å². The molecule has 11 heteroatoms. The Morgan fingerprint density at radius 1 is 1.00 bits per heavy atom. The summed E-state index contributed by atoms with van der Waals surface area (Å²) in [6.07, 6.45) is -4.62. The molecule has 7 nitrogen and oxygen atoms in total. The van der Waals surface area contributed by atoms with Crippen molar-refractivity contribution in [2.45, 2.75) is 11.1 Å². The number of benzene rings is 2. The molecule has 0 bridgehead atoms. The molecule has 0 aromatic heterocycles. The third-order valence-corrected chi connectivity index (χ3v) is 4.66. The van der Waals surface area contributed by atoms with Crippen LogP contribution in [0.15, 0.2) is 53.4 Å². The third-order valence-electron chi connectivity index (χ3n) is 3.28. The Balaban J connectivity index is 2.26. The van der Waals surface area contributed by atoms with Gasteiger partial charge in [0.05, 0.1) is 21.7 Å². The number of nitrogens with one attached hydrogen (secondary N) is 2. The number of anilines is 1. The van der Waals surface area contributed by atoms with Gasteiger partial charge in [-0.05, 0) is 36.4 Å². The van der Waals surface area contributed by atoms with Gasteiger partial charge in [-0.15, -0.1) is 0 Å². The van der Waals surface area contributed by atoms with Crippen molar-refractivity contribution in [3.05, 3.63) is 59.7 Å². The van der Waals surface area contributed by atoms with Crippen LogP contribution in [-0.4, -0.2) is 38.1 Å². The van der Waals surface area contributed by atoms with Gasteiger partial charge in [0.2, 0.25) is 0 Å². The van der Waals surface area contributed by atoms with E-state index in [-0.39, 0.29) is 21.7 Å². The van der Waals surface area contributed by atoms with Crippen LogP contribution in [0.25, 0.3) is 0 Å². The first-order chi connectivity index (χ1) is 12.5. The van der Waals surface area contributed by atoms with Crippen LogP contribution in [0.5, 0.6) is 0 Å². The first-order valence-corrected chi connectivity index (χ1v) is 8.78. The van der Waals surface area contributed by atoms with Crippen LogP contribution in [0.2, 0.25) is 0 Å². The molecular weight excluding hydrogens is 389 g/mol. The maximum atomic E-state index is 12.4. The molecule has 2 rings (SSSR count). The number of para-hydroxylation sites is 1. The van der Waals surface area contributed by atoms with Gasteiger partial charge >= 0.3 is 12.1 Å². The van der Waals surface area contributed by atoms with Crippen LogP contribution in [-0.2, 0) is 10.0 Å². The van der Waals surface area contributed by atoms with Crippen molar-refractivity contribution >= 4 is 27.6 Å². The summed E-state index contributed by atoms with van der Waals surface area (Å²) in [5.41, 5.74) is -0.646. The molecule has 0 saturated heterocycles. The largest absolute Gasteiger partial charge is 0.478 e. The Hall–Kier alpha value is -3.08. The molecule has 0 atom stereocenters. The fourth-order valence-corrected chi connectivity index (χ4v) is 3.11. The van der Waals surface area contributed by atoms with Gasteiger partial charge in [-0.2, -0.15) is 13.2 Å². The summed E-state index contributed by atoms with van der Waals surface area (Å²) >= 11 is 0. The summed E-state index contributed by atoms with van der Waals surface area (Å²) in [6, 6.07) is 9.41. The molecule has 0 aliphatic carbocycles. The second-order valence-corrected chi connectivity index (χ2v) is 6.96. The lowest BCUT2D eigenvalue weighted by Crippen LogP contribution is -2.34. The molecule has 0 spiro atoms. The predicted molar refractivity (Wildman–Crippen MR) is 89.0 cm³/mol. The van der Waals surface area contributed by atoms with E-state index in [1.807, 2.05) is 0 Å². The lowest BCUT2D eigenvalue weighted by Gasteiger charge is -2.13. The Kier molecular flexibility index (Phi) is 5.74. The number of halogens is 3. The van der Waals surface area contributed by atoms with E-state index in [9.17, 15) is 31.2 Å². The fraction of sp³-hybridized carbons (Fsp3) is 0.125. The molecule has 0 aliphatic heterocycles. The smallest absolute Gasteiger partial charge is 0.405 e. The zero-order chi connectivity index (χ0) is 20.2. The van der Waals surface area contributed by atoms with Gasteiger partial charge in [-0.25, -0.2) is 13.2 Å². The van der Waals surface area contributed by atoms with Crippen molar-refractivity contribution in [3.63, 3.8) is 0 Å². The van der Waals surface area contributed by atoms with Gasteiger partial charge in [-0.1, -0.05) is 12.1 Å². The van der Waals surface area contributed by atoms with Gasteiger partial charge in [-0.3, -0.25) is 9.52 Å². The topological polar surface area (TPSA) is 113 Å². The van der Waals surface area contributed by atoms with Gasteiger partial charge in [0.25, 0.3) is 15.9 Å². The Morgan fingerprint density at radius 3 is 2.15 bits per heavy atom. The monoisotopic (exact) mass is 402 g/mol. The van der Waals surface area contributed by atoms with Crippen molar-refractivity contribution < 1.29 is 36.3 Å². The van der Waals surface area contributed by atoms with Crippen LogP contribution in [0, 0.1) is 0 Å².